The Balaban J connectivity index is 2.45. The van der Waals surface area contributed by atoms with Crippen LogP contribution in [0, 0.1) is 5.92 Å². The molecule has 0 aliphatic carbocycles. The van der Waals surface area contributed by atoms with Crippen molar-refractivity contribution in [2.45, 2.75) is 33.1 Å². The second-order valence-electron chi connectivity index (χ2n) is 3.68. The van der Waals surface area contributed by atoms with Crippen LogP contribution in [0.2, 0.25) is 5.02 Å². The van der Waals surface area contributed by atoms with Gasteiger partial charge in [0.15, 0.2) is 0 Å². The van der Waals surface area contributed by atoms with Crippen molar-refractivity contribution < 1.29 is 0 Å². The van der Waals surface area contributed by atoms with E-state index < -0.39 is 0 Å². The molecule has 1 rings (SSSR count). The lowest BCUT2D eigenvalue weighted by atomic mass is 9.99. The van der Waals surface area contributed by atoms with Gasteiger partial charge in [-0.15, -0.1) is 0 Å². The van der Waals surface area contributed by atoms with Gasteiger partial charge in [0, 0.05) is 5.02 Å². The van der Waals surface area contributed by atoms with Crippen molar-refractivity contribution in [3.63, 3.8) is 0 Å². The van der Waals surface area contributed by atoms with Gasteiger partial charge in [0.2, 0.25) is 0 Å². The number of hydrogen-bond donors (Lipinski definition) is 0. The first-order valence-corrected chi connectivity index (χ1v) is 5.34. The number of rotatable bonds is 4. The Morgan fingerprint density at radius 2 is 2.15 bits per heavy atom. The molecule has 0 fully saturated rings. The summed E-state index contributed by atoms with van der Waals surface area (Å²) in [6.07, 6.45) is 3.67. The van der Waals surface area contributed by atoms with Gasteiger partial charge in [-0.25, -0.2) is 0 Å². The SMILES string of the molecule is CCC(C)CCc1cccc(Cl)c1. The van der Waals surface area contributed by atoms with Crippen LogP contribution in [0.15, 0.2) is 24.3 Å². The summed E-state index contributed by atoms with van der Waals surface area (Å²) in [5.41, 5.74) is 1.35. The zero-order chi connectivity index (χ0) is 9.68. The molecule has 0 saturated heterocycles. The molecule has 1 aromatic carbocycles. The van der Waals surface area contributed by atoms with Crippen molar-refractivity contribution >= 4 is 11.6 Å². The predicted octanol–water partition coefficient (Wildman–Crippen LogP) is 4.32. The zero-order valence-electron chi connectivity index (χ0n) is 8.39. The minimum Gasteiger partial charge on any atom is -0.0843 e. The maximum atomic E-state index is 5.89. The van der Waals surface area contributed by atoms with Crippen molar-refractivity contribution in [1.29, 1.82) is 0 Å². The van der Waals surface area contributed by atoms with E-state index in [1.807, 2.05) is 12.1 Å². The zero-order valence-corrected chi connectivity index (χ0v) is 9.14. The third-order valence-electron chi connectivity index (χ3n) is 2.51. The third-order valence-corrected chi connectivity index (χ3v) is 2.75. The van der Waals surface area contributed by atoms with Gasteiger partial charge >= 0.3 is 0 Å². The lowest BCUT2D eigenvalue weighted by molar-refractivity contribution is 0.516. The van der Waals surface area contributed by atoms with Crippen LogP contribution in [0.5, 0.6) is 0 Å². The fourth-order valence-corrected chi connectivity index (χ4v) is 1.52. The number of hydrogen-bond acceptors (Lipinski definition) is 0. The van der Waals surface area contributed by atoms with Crippen molar-refractivity contribution in [2.75, 3.05) is 0 Å². The van der Waals surface area contributed by atoms with Crippen LogP contribution < -0.4 is 0 Å². The normalized spacial score (nSPS) is 12.8. The summed E-state index contributed by atoms with van der Waals surface area (Å²) >= 11 is 5.89. The molecule has 0 heterocycles. The summed E-state index contributed by atoms with van der Waals surface area (Å²) in [7, 11) is 0. The summed E-state index contributed by atoms with van der Waals surface area (Å²) in [5, 5.41) is 0.849. The average molecular weight is 197 g/mol. The molecule has 13 heavy (non-hydrogen) atoms. The molecule has 0 N–H and O–H groups in total. The second kappa shape index (κ2) is 5.29. The fourth-order valence-electron chi connectivity index (χ4n) is 1.31. The van der Waals surface area contributed by atoms with E-state index in [4.69, 9.17) is 11.6 Å². The first-order valence-electron chi connectivity index (χ1n) is 4.96. The molecule has 0 nitrogen and oxygen atoms in total. The molecule has 0 amide bonds. The van der Waals surface area contributed by atoms with E-state index in [0.29, 0.717) is 0 Å². The Morgan fingerprint density at radius 1 is 1.38 bits per heavy atom. The van der Waals surface area contributed by atoms with Gasteiger partial charge in [0.25, 0.3) is 0 Å². The van der Waals surface area contributed by atoms with Crippen LogP contribution in [0.25, 0.3) is 0 Å². The summed E-state index contributed by atoms with van der Waals surface area (Å²) in [5.74, 6) is 0.819. The first kappa shape index (κ1) is 10.6. The largest absolute Gasteiger partial charge is 0.0843 e. The van der Waals surface area contributed by atoms with Crippen molar-refractivity contribution in [3.8, 4) is 0 Å². The highest BCUT2D eigenvalue weighted by molar-refractivity contribution is 6.30. The Kier molecular flexibility index (Phi) is 4.31. The molecule has 0 bridgehead atoms. The van der Waals surface area contributed by atoms with Crippen LogP contribution in [0.4, 0.5) is 0 Å². The third kappa shape index (κ3) is 3.82. The van der Waals surface area contributed by atoms with Gasteiger partial charge < -0.3 is 0 Å². The van der Waals surface area contributed by atoms with Crippen molar-refractivity contribution in [3.05, 3.63) is 34.9 Å². The quantitative estimate of drug-likeness (QED) is 0.673. The highest BCUT2D eigenvalue weighted by Crippen LogP contribution is 2.15. The molecule has 72 valence electrons. The molecule has 0 aliphatic heterocycles. The maximum absolute atomic E-state index is 5.89. The molecule has 0 radical (unpaired) electrons. The van der Waals surface area contributed by atoms with E-state index in [9.17, 15) is 0 Å². The lowest BCUT2D eigenvalue weighted by Gasteiger charge is -2.07. The Labute approximate surface area is 85.9 Å². The minimum atomic E-state index is 0.819. The number of aryl methyl sites for hydroxylation is 1. The van der Waals surface area contributed by atoms with Crippen LogP contribution in [0.1, 0.15) is 32.3 Å². The van der Waals surface area contributed by atoms with E-state index in [1.165, 1.54) is 18.4 Å². The smallest absolute Gasteiger partial charge is 0.0408 e. The predicted molar refractivity (Wildman–Crippen MR) is 59.2 cm³/mol. The molecule has 0 aromatic heterocycles. The van der Waals surface area contributed by atoms with Crippen molar-refractivity contribution in [2.24, 2.45) is 5.92 Å². The minimum absolute atomic E-state index is 0.819. The monoisotopic (exact) mass is 196 g/mol. The molecule has 1 heteroatoms. The van der Waals surface area contributed by atoms with E-state index in [1.54, 1.807) is 0 Å². The molecule has 0 aliphatic rings. The molecule has 0 spiro atoms. The first-order chi connectivity index (χ1) is 6.22. The van der Waals surface area contributed by atoms with Gasteiger partial charge in [0.05, 0.1) is 0 Å². The number of halogens is 1. The van der Waals surface area contributed by atoms with E-state index in [0.717, 1.165) is 17.4 Å². The standard InChI is InChI=1S/C12H17Cl/c1-3-10(2)7-8-11-5-4-6-12(13)9-11/h4-6,9-10H,3,7-8H2,1-2H3. The van der Waals surface area contributed by atoms with Crippen molar-refractivity contribution in [1.82, 2.24) is 0 Å². The number of benzene rings is 1. The summed E-state index contributed by atoms with van der Waals surface area (Å²) in [6, 6.07) is 8.15. The van der Waals surface area contributed by atoms with Gasteiger partial charge in [0.1, 0.15) is 0 Å². The van der Waals surface area contributed by atoms with Crippen LogP contribution in [-0.2, 0) is 6.42 Å². The van der Waals surface area contributed by atoms with Gasteiger partial charge in [-0.05, 0) is 36.5 Å². The van der Waals surface area contributed by atoms with E-state index in [2.05, 4.69) is 26.0 Å². The Hall–Kier alpha value is -0.490. The Bertz CT molecular complexity index is 255. The Morgan fingerprint density at radius 3 is 2.77 bits per heavy atom. The topological polar surface area (TPSA) is 0 Å². The lowest BCUT2D eigenvalue weighted by Crippen LogP contribution is -1.95. The molecular formula is C12H17Cl. The van der Waals surface area contributed by atoms with Crippen LogP contribution >= 0.6 is 11.6 Å². The van der Waals surface area contributed by atoms with Crippen LogP contribution in [-0.4, -0.2) is 0 Å². The molecule has 1 aromatic rings. The summed E-state index contributed by atoms with van der Waals surface area (Å²) < 4.78 is 0. The summed E-state index contributed by atoms with van der Waals surface area (Å²) in [4.78, 5) is 0. The maximum Gasteiger partial charge on any atom is 0.0408 e. The van der Waals surface area contributed by atoms with Gasteiger partial charge in [-0.3, -0.25) is 0 Å². The fraction of sp³-hybridized carbons (Fsp3) is 0.500. The second-order valence-corrected chi connectivity index (χ2v) is 4.12. The average Bonchev–Trinajstić information content (AvgIpc) is 2.14. The van der Waals surface area contributed by atoms with Gasteiger partial charge in [-0.1, -0.05) is 44.0 Å². The molecule has 1 unspecified atom stereocenters. The molecule has 1 atom stereocenters. The van der Waals surface area contributed by atoms with Gasteiger partial charge in [-0.2, -0.15) is 0 Å². The molecular weight excluding hydrogens is 180 g/mol. The highest BCUT2D eigenvalue weighted by atomic mass is 35.5. The van der Waals surface area contributed by atoms with E-state index >= 15 is 0 Å². The molecule has 0 saturated carbocycles. The summed E-state index contributed by atoms with van der Waals surface area (Å²) in [6.45, 7) is 4.53. The van der Waals surface area contributed by atoms with E-state index in [-0.39, 0.29) is 0 Å². The highest BCUT2D eigenvalue weighted by Gasteiger charge is 1.99. The van der Waals surface area contributed by atoms with Crippen LogP contribution in [0.3, 0.4) is 0 Å².